The molecule has 0 bridgehead atoms. The molecule has 0 aromatic carbocycles. The van der Waals surface area contributed by atoms with E-state index in [4.69, 9.17) is 13.9 Å². The van der Waals surface area contributed by atoms with Gasteiger partial charge in [-0.05, 0) is 31.5 Å². The molecule has 0 aliphatic carbocycles. The van der Waals surface area contributed by atoms with Crippen molar-refractivity contribution in [2.75, 3.05) is 13.7 Å². The summed E-state index contributed by atoms with van der Waals surface area (Å²) in [5.74, 6) is -1.23. The van der Waals surface area contributed by atoms with Gasteiger partial charge in [0.05, 0.1) is 13.0 Å². The van der Waals surface area contributed by atoms with Crippen LogP contribution in [0.15, 0.2) is 12.2 Å². The molecule has 0 aliphatic heterocycles. The maximum Gasteiger partial charge on any atom is 0.311 e. The summed E-state index contributed by atoms with van der Waals surface area (Å²) in [5, 5.41) is 0.0416. The molecule has 0 spiro atoms. The minimum atomic E-state index is -2.08. The largest absolute Gasteiger partial charge is 0.466 e. The van der Waals surface area contributed by atoms with Crippen LogP contribution in [0.5, 0.6) is 0 Å². The Kier molecular flexibility index (Phi) is 8.58. The summed E-state index contributed by atoms with van der Waals surface area (Å²) in [7, 11) is -0.475. The molecule has 0 amide bonds. The highest BCUT2D eigenvalue weighted by atomic mass is 28.4. The van der Waals surface area contributed by atoms with Gasteiger partial charge in [0.15, 0.2) is 14.1 Å². The predicted octanol–water partition coefficient (Wildman–Crippen LogP) is 4.66. The Morgan fingerprint density at radius 3 is 2.14 bits per heavy atom. The third kappa shape index (κ3) is 6.63. The SMILES string of the molecule is CC/C=C\CC(CC(=O)OCC)(OC)O[Si](C)(C)C(C)(C)C. The van der Waals surface area contributed by atoms with Crippen molar-refractivity contribution in [3.8, 4) is 0 Å². The van der Waals surface area contributed by atoms with Gasteiger partial charge in [0, 0.05) is 13.5 Å². The monoisotopic (exact) mass is 330 g/mol. The summed E-state index contributed by atoms with van der Waals surface area (Å²) < 4.78 is 17.3. The number of hydrogen-bond donors (Lipinski definition) is 0. The van der Waals surface area contributed by atoms with Crippen molar-refractivity contribution in [2.45, 2.75) is 77.8 Å². The smallest absolute Gasteiger partial charge is 0.311 e. The lowest BCUT2D eigenvalue weighted by Gasteiger charge is -2.44. The Hall–Kier alpha value is -0.653. The fourth-order valence-electron chi connectivity index (χ4n) is 1.83. The maximum absolute atomic E-state index is 12.0. The van der Waals surface area contributed by atoms with E-state index >= 15 is 0 Å². The zero-order chi connectivity index (χ0) is 17.4. The third-order valence-electron chi connectivity index (χ3n) is 4.17. The van der Waals surface area contributed by atoms with E-state index in [9.17, 15) is 4.79 Å². The second kappa shape index (κ2) is 8.84. The van der Waals surface area contributed by atoms with Crippen LogP contribution in [0.25, 0.3) is 0 Å². The first-order valence-corrected chi connectivity index (χ1v) is 11.0. The summed E-state index contributed by atoms with van der Waals surface area (Å²) in [6.45, 7) is 15.1. The average molecular weight is 331 g/mol. The fourth-order valence-corrected chi connectivity index (χ4v) is 3.30. The van der Waals surface area contributed by atoms with Crippen molar-refractivity contribution < 1.29 is 18.7 Å². The lowest BCUT2D eigenvalue weighted by atomic mass is 10.1. The molecule has 130 valence electrons. The standard InChI is InChI=1S/C17H34O4Si/c1-9-11-12-13-17(19-6,14-15(18)20-10-2)21-22(7,8)16(3,4)5/h11-12H,9-10,13-14H2,1-8H3/b12-11-. The van der Waals surface area contributed by atoms with Gasteiger partial charge in [-0.2, -0.15) is 0 Å². The Morgan fingerprint density at radius 1 is 1.14 bits per heavy atom. The number of carbonyl (C=O) groups is 1. The Bertz CT molecular complexity index is 371. The van der Waals surface area contributed by atoms with Crippen LogP contribution in [0.1, 0.15) is 53.9 Å². The van der Waals surface area contributed by atoms with Crippen molar-refractivity contribution >= 4 is 14.3 Å². The van der Waals surface area contributed by atoms with E-state index in [1.165, 1.54) is 0 Å². The van der Waals surface area contributed by atoms with E-state index in [0.29, 0.717) is 13.0 Å². The minimum absolute atomic E-state index is 0.0416. The molecule has 0 aromatic heterocycles. The molecule has 0 rings (SSSR count). The van der Waals surface area contributed by atoms with Crippen LogP contribution in [0, 0.1) is 0 Å². The third-order valence-corrected chi connectivity index (χ3v) is 8.66. The first-order chi connectivity index (χ1) is 10.0. The zero-order valence-corrected chi connectivity index (χ0v) is 16.6. The zero-order valence-electron chi connectivity index (χ0n) is 15.6. The van der Waals surface area contributed by atoms with Gasteiger partial charge in [-0.15, -0.1) is 0 Å². The van der Waals surface area contributed by atoms with Crippen molar-refractivity contribution in [3.63, 3.8) is 0 Å². The number of hydrogen-bond acceptors (Lipinski definition) is 4. The number of ether oxygens (including phenoxy) is 2. The fraction of sp³-hybridized carbons (Fsp3) is 0.824. The number of carbonyl (C=O) groups excluding carboxylic acids is 1. The van der Waals surface area contributed by atoms with Crippen LogP contribution in [-0.4, -0.2) is 33.8 Å². The van der Waals surface area contributed by atoms with Gasteiger partial charge in [0.1, 0.15) is 0 Å². The molecule has 0 N–H and O–H groups in total. The molecule has 0 saturated heterocycles. The summed E-state index contributed by atoms with van der Waals surface area (Å²) in [6.07, 6.45) is 5.68. The summed E-state index contributed by atoms with van der Waals surface area (Å²) >= 11 is 0. The lowest BCUT2D eigenvalue weighted by Crippen LogP contribution is -2.51. The highest BCUT2D eigenvalue weighted by Gasteiger charge is 2.46. The molecular weight excluding hydrogens is 296 g/mol. The van der Waals surface area contributed by atoms with E-state index in [1.807, 2.05) is 6.08 Å². The Balaban J connectivity index is 5.36. The van der Waals surface area contributed by atoms with Crippen LogP contribution in [0.2, 0.25) is 18.1 Å². The van der Waals surface area contributed by atoms with Crippen molar-refractivity contribution in [1.82, 2.24) is 0 Å². The van der Waals surface area contributed by atoms with Crippen LogP contribution < -0.4 is 0 Å². The van der Waals surface area contributed by atoms with Crippen molar-refractivity contribution in [2.24, 2.45) is 0 Å². The second-order valence-electron chi connectivity index (χ2n) is 7.04. The summed E-state index contributed by atoms with van der Waals surface area (Å²) in [5.41, 5.74) is 0. The highest BCUT2D eigenvalue weighted by molar-refractivity contribution is 6.74. The van der Waals surface area contributed by atoms with Crippen LogP contribution in [-0.2, 0) is 18.7 Å². The molecular formula is C17H34O4Si. The molecule has 0 radical (unpaired) electrons. The number of esters is 1. The second-order valence-corrected chi connectivity index (χ2v) is 11.8. The highest BCUT2D eigenvalue weighted by Crippen LogP contribution is 2.41. The molecule has 0 aromatic rings. The first-order valence-electron chi connectivity index (χ1n) is 8.09. The van der Waals surface area contributed by atoms with Gasteiger partial charge in [0.2, 0.25) is 0 Å². The van der Waals surface area contributed by atoms with Crippen LogP contribution in [0.4, 0.5) is 0 Å². The van der Waals surface area contributed by atoms with E-state index < -0.39 is 14.1 Å². The van der Waals surface area contributed by atoms with E-state index in [0.717, 1.165) is 6.42 Å². The van der Waals surface area contributed by atoms with Gasteiger partial charge in [-0.3, -0.25) is 4.79 Å². The number of allylic oxidation sites excluding steroid dienone is 1. The Labute approximate surface area is 137 Å². The number of methoxy groups -OCH3 is 1. The lowest BCUT2D eigenvalue weighted by molar-refractivity contribution is -0.189. The predicted molar refractivity (Wildman–Crippen MR) is 93.3 cm³/mol. The molecule has 0 saturated carbocycles. The molecule has 4 nitrogen and oxygen atoms in total. The average Bonchev–Trinajstić information content (AvgIpc) is 2.37. The van der Waals surface area contributed by atoms with Gasteiger partial charge in [-0.25, -0.2) is 0 Å². The van der Waals surface area contributed by atoms with Crippen molar-refractivity contribution in [3.05, 3.63) is 12.2 Å². The molecule has 5 heteroatoms. The summed E-state index contributed by atoms with van der Waals surface area (Å²) in [4.78, 5) is 12.0. The molecule has 1 atom stereocenters. The summed E-state index contributed by atoms with van der Waals surface area (Å²) in [6, 6.07) is 0. The molecule has 0 fully saturated rings. The molecule has 1 unspecified atom stereocenters. The van der Waals surface area contributed by atoms with E-state index in [2.05, 4.69) is 46.9 Å². The normalized spacial score (nSPS) is 15.8. The quantitative estimate of drug-likeness (QED) is 0.267. The minimum Gasteiger partial charge on any atom is -0.466 e. The van der Waals surface area contributed by atoms with Crippen LogP contribution >= 0.6 is 0 Å². The van der Waals surface area contributed by atoms with E-state index in [-0.39, 0.29) is 17.4 Å². The van der Waals surface area contributed by atoms with Crippen molar-refractivity contribution in [1.29, 1.82) is 0 Å². The van der Waals surface area contributed by atoms with E-state index in [1.54, 1.807) is 14.0 Å². The Morgan fingerprint density at radius 2 is 1.73 bits per heavy atom. The first kappa shape index (κ1) is 21.3. The van der Waals surface area contributed by atoms with Crippen LogP contribution in [0.3, 0.4) is 0 Å². The topological polar surface area (TPSA) is 44.8 Å². The van der Waals surface area contributed by atoms with Gasteiger partial charge < -0.3 is 13.9 Å². The molecule has 22 heavy (non-hydrogen) atoms. The van der Waals surface area contributed by atoms with Gasteiger partial charge in [0.25, 0.3) is 0 Å². The van der Waals surface area contributed by atoms with Gasteiger partial charge in [-0.1, -0.05) is 39.8 Å². The molecule has 0 heterocycles. The molecule has 0 aliphatic rings. The number of rotatable bonds is 9. The maximum atomic E-state index is 12.0. The van der Waals surface area contributed by atoms with Gasteiger partial charge >= 0.3 is 5.97 Å².